The normalized spacial score (nSPS) is 28.1. The number of Topliss-reactive ketones (excluding diaryl/α,β-unsaturated/α-hetero) is 1. The molecule has 1 N–H and O–H groups in total. The summed E-state index contributed by atoms with van der Waals surface area (Å²) in [5.41, 5.74) is 3.51. The third kappa shape index (κ3) is 4.52. The summed E-state index contributed by atoms with van der Waals surface area (Å²) in [4.78, 5) is 13.6. The van der Waals surface area contributed by atoms with E-state index in [0.29, 0.717) is 29.8 Å². The second-order valence-electron chi connectivity index (χ2n) is 9.18. The van der Waals surface area contributed by atoms with Crippen LogP contribution in [0.3, 0.4) is 0 Å². The van der Waals surface area contributed by atoms with E-state index in [-0.39, 0.29) is 0 Å². The molecule has 3 fully saturated rings. The van der Waals surface area contributed by atoms with Crippen molar-refractivity contribution in [1.82, 2.24) is 10.2 Å². The molecule has 3 heteroatoms. The Labute approximate surface area is 164 Å². The molecule has 1 heterocycles. The van der Waals surface area contributed by atoms with Crippen LogP contribution in [0.2, 0.25) is 0 Å². The fourth-order valence-corrected chi connectivity index (χ4v) is 5.34. The van der Waals surface area contributed by atoms with E-state index in [1.54, 1.807) is 12.5 Å². The monoisotopic (exact) mass is 366 g/mol. The third-order valence-corrected chi connectivity index (χ3v) is 7.00. The van der Waals surface area contributed by atoms with Gasteiger partial charge in [0.25, 0.3) is 0 Å². The molecule has 3 aliphatic rings. The lowest BCUT2D eigenvalue weighted by Gasteiger charge is -2.52. The molecule has 1 aromatic rings. The van der Waals surface area contributed by atoms with Gasteiger partial charge in [-0.3, -0.25) is 9.69 Å². The van der Waals surface area contributed by atoms with E-state index in [1.807, 2.05) is 0 Å². The third-order valence-electron chi connectivity index (χ3n) is 7.00. The predicted octanol–water partition coefficient (Wildman–Crippen LogP) is 4.29. The number of nitrogens with one attached hydrogen (secondary N) is 1. The molecule has 146 valence electrons. The summed E-state index contributed by atoms with van der Waals surface area (Å²) in [6.07, 6.45) is 10.1. The van der Waals surface area contributed by atoms with Crippen molar-refractivity contribution in [3.8, 4) is 0 Å². The van der Waals surface area contributed by atoms with Gasteiger partial charge in [-0.1, -0.05) is 48.9 Å². The minimum absolute atomic E-state index is 0.300. The van der Waals surface area contributed by atoms with Crippen molar-refractivity contribution in [2.24, 2.45) is 11.3 Å². The molecule has 1 spiro atoms. The van der Waals surface area contributed by atoms with E-state index in [9.17, 15) is 4.79 Å². The highest BCUT2D eigenvalue weighted by Crippen LogP contribution is 2.50. The molecule has 0 aromatic heterocycles. The van der Waals surface area contributed by atoms with Gasteiger partial charge in [0.15, 0.2) is 0 Å². The number of hydrogen-bond donors (Lipinski definition) is 1. The van der Waals surface area contributed by atoms with Crippen LogP contribution in [0.4, 0.5) is 0 Å². The van der Waals surface area contributed by atoms with Crippen molar-refractivity contribution in [2.45, 2.75) is 64.5 Å². The quantitative estimate of drug-likeness (QED) is 0.781. The van der Waals surface area contributed by atoms with E-state index >= 15 is 0 Å². The SMILES string of the molecule is CC/C(=C\c1ccccc1)[C@@H]1C[C@H]1NC1CC2(CCN(CC(C)=O)CC2)C1. The van der Waals surface area contributed by atoms with Gasteiger partial charge >= 0.3 is 0 Å². The van der Waals surface area contributed by atoms with Crippen molar-refractivity contribution in [3.63, 3.8) is 0 Å². The summed E-state index contributed by atoms with van der Waals surface area (Å²) >= 11 is 0. The van der Waals surface area contributed by atoms with Crippen LogP contribution in [-0.4, -0.2) is 42.4 Å². The minimum Gasteiger partial charge on any atom is -0.311 e. The Morgan fingerprint density at radius 3 is 2.56 bits per heavy atom. The van der Waals surface area contributed by atoms with Crippen LogP contribution in [0, 0.1) is 11.3 Å². The predicted molar refractivity (Wildman–Crippen MR) is 112 cm³/mol. The Bertz CT molecular complexity index is 680. The number of likely N-dealkylation sites (tertiary alicyclic amines) is 1. The summed E-state index contributed by atoms with van der Waals surface area (Å²) in [5.74, 6) is 1.04. The number of carbonyl (C=O) groups excluding carboxylic acids is 1. The number of carbonyl (C=O) groups is 1. The largest absolute Gasteiger partial charge is 0.311 e. The number of rotatable bonds is 7. The smallest absolute Gasteiger partial charge is 0.143 e. The van der Waals surface area contributed by atoms with E-state index < -0.39 is 0 Å². The van der Waals surface area contributed by atoms with Crippen LogP contribution in [0.5, 0.6) is 0 Å². The Balaban J connectivity index is 1.23. The molecule has 2 saturated carbocycles. The van der Waals surface area contributed by atoms with Gasteiger partial charge in [0.2, 0.25) is 0 Å². The van der Waals surface area contributed by atoms with Gasteiger partial charge in [0.05, 0.1) is 6.54 Å². The molecule has 2 atom stereocenters. The molecule has 2 aliphatic carbocycles. The molecule has 0 bridgehead atoms. The molecule has 3 nitrogen and oxygen atoms in total. The maximum absolute atomic E-state index is 11.3. The average molecular weight is 367 g/mol. The van der Waals surface area contributed by atoms with Crippen LogP contribution in [-0.2, 0) is 4.79 Å². The molecule has 1 aliphatic heterocycles. The summed E-state index contributed by atoms with van der Waals surface area (Å²) in [6, 6.07) is 12.1. The van der Waals surface area contributed by atoms with Gasteiger partial charge in [0, 0.05) is 12.1 Å². The van der Waals surface area contributed by atoms with Crippen LogP contribution >= 0.6 is 0 Å². The van der Waals surface area contributed by atoms with Crippen molar-refractivity contribution in [3.05, 3.63) is 41.5 Å². The highest BCUT2D eigenvalue weighted by Gasteiger charge is 2.49. The van der Waals surface area contributed by atoms with Gasteiger partial charge in [-0.15, -0.1) is 0 Å². The Morgan fingerprint density at radius 2 is 1.93 bits per heavy atom. The van der Waals surface area contributed by atoms with Crippen molar-refractivity contribution in [1.29, 1.82) is 0 Å². The first-order valence-electron chi connectivity index (χ1n) is 10.8. The lowest BCUT2D eigenvalue weighted by atomic mass is 9.60. The van der Waals surface area contributed by atoms with E-state index in [1.165, 1.54) is 37.7 Å². The first-order chi connectivity index (χ1) is 13.1. The number of ketones is 1. The molecule has 1 saturated heterocycles. The topological polar surface area (TPSA) is 32.3 Å². The maximum Gasteiger partial charge on any atom is 0.143 e. The first kappa shape index (κ1) is 18.9. The Hall–Kier alpha value is -1.45. The summed E-state index contributed by atoms with van der Waals surface area (Å²) in [7, 11) is 0. The zero-order valence-corrected chi connectivity index (χ0v) is 16.9. The van der Waals surface area contributed by atoms with Crippen LogP contribution in [0.1, 0.15) is 57.9 Å². The van der Waals surface area contributed by atoms with E-state index in [2.05, 4.69) is 53.5 Å². The molecular weight excluding hydrogens is 332 g/mol. The zero-order chi connectivity index (χ0) is 18.9. The van der Waals surface area contributed by atoms with Crippen molar-refractivity contribution >= 4 is 11.9 Å². The number of piperidine rings is 1. The van der Waals surface area contributed by atoms with Crippen LogP contribution < -0.4 is 5.32 Å². The van der Waals surface area contributed by atoms with Gasteiger partial charge in [-0.2, -0.15) is 0 Å². The lowest BCUT2D eigenvalue weighted by Crippen LogP contribution is -2.54. The van der Waals surface area contributed by atoms with E-state index in [0.717, 1.165) is 25.4 Å². The Morgan fingerprint density at radius 1 is 1.22 bits per heavy atom. The molecule has 0 unspecified atom stereocenters. The number of hydrogen-bond acceptors (Lipinski definition) is 3. The highest BCUT2D eigenvalue weighted by atomic mass is 16.1. The van der Waals surface area contributed by atoms with E-state index in [4.69, 9.17) is 0 Å². The zero-order valence-electron chi connectivity index (χ0n) is 16.9. The van der Waals surface area contributed by atoms with Crippen LogP contribution in [0.25, 0.3) is 6.08 Å². The molecule has 27 heavy (non-hydrogen) atoms. The van der Waals surface area contributed by atoms with Crippen molar-refractivity contribution in [2.75, 3.05) is 19.6 Å². The molecule has 0 radical (unpaired) electrons. The molecule has 4 rings (SSSR count). The highest BCUT2D eigenvalue weighted by molar-refractivity contribution is 5.77. The molecular formula is C24H34N2O. The summed E-state index contributed by atoms with van der Waals surface area (Å²) in [5, 5.41) is 3.95. The minimum atomic E-state index is 0.300. The maximum atomic E-state index is 11.3. The van der Waals surface area contributed by atoms with Gasteiger partial charge in [-0.05, 0) is 75.4 Å². The molecule has 1 aromatic carbocycles. The standard InChI is InChI=1S/C24H34N2O/c1-3-20(13-19-7-5-4-6-8-19)22-14-23(22)25-21-15-24(16-21)9-11-26(12-10-24)17-18(2)27/h4-8,13,21-23,25H,3,9-12,14-17H2,1-2H3/b20-13+/t22-,23+/m0/s1. The van der Waals surface area contributed by atoms with Gasteiger partial charge in [0.1, 0.15) is 5.78 Å². The van der Waals surface area contributed by atoms with Crippen molar-refractivity contribution < 1.29 is 4.79 Å². The second kappa shape index (κ2) is 7.89. The first-order valence-corrected chi connectivity index (χ1v) is 10.8. The van der Waals surface area contributed by atoms with Gasteiger partial charge < -0.3 is 5.32 Å². The fraction of sp³-hybridized carbons (Fsp3) is 0.625. The number of benzene rings is 1. The summed E-state index contributed by atoms with van der Waals surface area (Å²) < 4.78 is 0. The number of nitrogens with zero attached hydrogens (tertiary/aromatic N) is 1. The molecule has 0 amide bonds. The van der Waals surface area contributed by atoms with Crippen LogP contribution in [0.15, 0.2) is 35.9 Å². The average Bonchev–Trinajstić information content (AvgIpc) is 3.39. The Kier molecular flexibility index (Phi) is 5.52. The lowest BCUT2D eigenvalue weighted by molar-refractivity contribution is -0.119. The second-order valence-corrected chi connectivity index (χ2v) is 9.18. The van der Waals surface area contributed by atoms with Gasteiger partial charge in [-0.25, -0.2) is 0 Å². The summed E-state index contributed by atoms with van der Waals surface area (Å²) in [6.45, 7) is 6.86. The fourth-order valence-electron chi connectivity index (χ4n) is 5.34.